The van der Waals surface area contributed by atoms with Crippen LogP contribution in [0.2, 0.25) is 0 Å². The van der Waals surface area contributed by atoms with Crippen LogP contribution in [0.3, 0.4) is 0 Å². The summed E-state index contributed by atoms with van der Waals surface area (Å²) < 4.78 is 4.79. The molecule has 2 aliphatic heterocycles. The molecule has 3 aromatic carbocycles. The number of ether oxygens (including phenoxy) is 1. The first-order valence-corrected chi connectivity index (χ1v) is 22.0. The zero-order valence-corrected chi connectivity index (χ0v) is 37.1. The first-order chi connectivity index (χ1) is 29.2. The molecule has 11 nitrogen and oxygen atoms in total. The van der Waals surface area contributed by atoms with E-state index < -0.39 is 12.1 Å². The first-order valence-electron chi connectivity index (χ1n) is 22.0. The minimum atomic E-state index is -0.681. The molecule has 2 aromatic heterocycles. The predicted octanol–water partition coefficient (Wildman–Crippen LogP) is 9.89. The van der Waals surface area contributed by atoms with Gasteiger partial charge in [-0.25, -0.2) is 14.8 Å². The average Bonchev–Trinajstić information content (AvgIpc) is 4.08. The summed E-state index contributed by atoms with van der Waals surface area (Å²) in [5.41, 5.74) is 9.00. The molecule has 0 radical (unpaired) electrons. The van der Waals surface area contributed by atoms with Gasteiger partial charge in [-0.05, 0) is 82.7 Å². The topological polar surface area (TPSA) is 136 Å². The molecule has 0 spiro atoms. The molecule has 0 saturated carbocycles. The number of nitrogens with zero attached hydrogens (tertiary/aromatic N) is 4. The quantitative estimate of drug-likeness (QED) is 0.108. The van der Waals surface area contributed by atoms with Crippen molar-refractivity contribution in [3.05, 3.63) is 119 Å². The molecular formula is C50H63N7O4. The summed E-state index contributed by atoms with van der Waals surface area (Å²) in [7, 11) is 1.30. The lowest BCUT2D eigenvalue weighted by Crippen LogP contribution is -2.51. The Morgan fingerprint density at radius 2 is 1.26 bits per heavy atom. The van der Waals surface area contributed by atoms with E-state index in [1.165, 1.54) is 29.4 Å². The minimum Gasteiger partial charge on any atom is -0.453 e. The van der Waals surface area contributed by atoms with E-state index in [1.54, 1.807) is 0 Å². The maximum absolute atomic E-state index is 13.7. The van der Waals surface area contributed by atoms with Crippen LogP contribution in [-0.4, -0.2) is 73.9 Å². The highest BCUT2D eigenvalue weighted by Gasteiger charge is 2.38. The molecule has 322 valence electrons. The van der Waals surface area contributed by atoms with Crippen molar-refractivity contribution in [2.75, 3.05) is 20.2 Å². The smallest absolute Gasteiger partial charge is 0.407 e. The summed E-state index contributed by atoms with van der Waals surface area (Å²) in [4.78, 5) is 59.2. The van der Waals surface area contributed by atoms with Crippen molar-refractivity contribution >= 4 is 17.9 Å². The minimum absolute atomic E-state index is 0.00407. The average molecular weight is 826 g/mol. The summed E-state index contributed by atoms with van der Waals surface area (Å²) in [6.07, 6.45) is 8.08. The number of rotatable bonds is 13. The molecular weight excluding hydrogens is 763 g/mol. The Morgan fingerprint density at radius 3 is 1.77 bits per heavy atom. The van der Waals surface area contributed by atoms with E-state index in [1.807, 2.05) is 36.0 Å². The highest BCUT2D eigenvalue weighted by Crippen LogP contribution is 2.36. The molecule has 0 aliphatic carbocycles. The van der Waals surface area contributed by atoms with Crippen LogP contribution in [-0.2, 0) is 26.2 Å². The molecule has 1 unspecified atom stereocenters. The Bertz CT molecular complexity index is 2270. The maximum Gasteiger partial charge on any atom is 0.407 e. The van der Waals surface area contributed by atoms with Gasteiger partial charge < -0.3 is 29.8 Å². The van der Waals surface area contributed by atoms with Gasteiger partial charge in [0.15, 0.2) is 0 Å². The largest absolute Gasteiger partial charge is 0.453 e. The summed E-state index contributed by atoms with van der Waals surface area (Å²) in [5, 5.41) is 2.72. The third-order valence-electron chi connectivity index (χ3n) is 12.4. The standard InChI is InChI=1S/C50H63N7O4/c1-31(2)27-44(58)56-25-9-11-42(56)46-51-30-41(53-46)37-19-17-34(18-20-37)39(35-21-23-38(24-22-35)50(5,6)7)28-33-13-15-36(16-14-33)40-29-52-47(54-40)43-12-10-26-57(43)48(59)45(32(3)4)55-49(60)61-8/h13-24,29-32,39,42-43,45H,9-12,25-28H2,1-8H3,(H,51,53)(H,52,54)(H,55,60)/t39?,42-,43-,45-/m0/s1. The van der Waals surface area contributed by atoms with Gasteiger partial charge in [0.25, 0.3) is 0 Å². The number of benzene rings is 3. The first kappa shape index (κ1) is 43.4. The van der Waals surface area contributed by atoms with Gasteiger partial charge in [0.1, 0.15) is 17.7 Å². The molecule has 2 fully saturated rings. The van der Waals surface area contributed by atoms with Crippen molar-refractivity contribution in [2.45, 2.75) is 116 Å². The number of carbonyl (C=O) groups excluding carboxylic acids is 3. The number of H-pyrrole nitrogens is 2. The van der Waals surface area contributed by atoms with Crippen LogP contribution >= 0.6 is 0 Å². The van der Waals surface area contributed by atoms with E-state index in [2.05, 4.69) is 123 Å². The molecule has 11 heteroatoms. The van der Waals surface area contributed by atoms with Gasteiger partial charge in [-0.2, -0.15) is 0 Å². The van der Waals surface area contributed by atoms with Crippen LogP contribution in [0, 0.1) is 11.8 Å². The van der Waals surface area contributed by atoms with E-state index in [0.717, 1.165) is 72.8 Å². The summed E-state index contributed by atoms with van der Waals surface area (Å²) in [5.74, 6) is 2.04. The second-order valence-electron chi connectivity index (χ2n) is 18.7. The van der Waals surface area contributed by atoms with Crippen molar-refractivity contribution in [1.29, 1.82) is 0 Å². The molecule has 3 amide bonds. The number of carbonyl (C=O) groups is 3. The third-order valence-corrected chi connectivity index (χ3v) is 12.4. The Balaban J connectivity index is 1.08. The lowest BCUT2D eigenvalue weighted by Gasteiger charge is -2.30. The number of hydrogen-bond acceptors (Lipinski definition) is 6. The number of hydrogen-bond donors (Lipinski definition) is 3. The zero-order chi connectivity index (χ0) is 43.4. The van der Waals surface area contributed by atoms with Crippen molar-refractivity contribution < 1.29 is 19.1 Å². The van der Waals surface area contributed by atoms with Gasteiger partial charge in [-0.1, -0.05) is 121 Å². The van der Waals surface area contributed by atoms with Crippen LogP contribution in [0.4, 0.5) is 4.79 Å². The highest BCUT2D eigenvalue weighted by atomic mass is 16.5. The summed E-state index contributed by atoms with van der Waals surface area (Å²) in [6, 6.07) is 25.7. The van der Waals surface area contributed by atoms with E-state index in [4.69, 9.17) is 14.7 Å². The van der Waals surface area contributed by atoms with Gasteiger partial charge in [-0.15, -0.1) is 0 Å². The second-order valence-corrected chi connectivity index (χ2v) is 18.7. The monoisotopic (exact) mass is 825 g/mol. The maximum atomic E-state index is 13.7. The van der Waals surface area contributed by atoms with Gasteiger partial charge in [0, 0.05) is 25.4 Å². The van der Waals surface area contributed by atoms with Crippen molar-refractivity contribution in [2.24, 2.45) is 11.8 Å². The number of imidazole rings is 2. The van der Waals surface area contributed by atoms with E-state index in [0.29, 0.717) is 18.9 Å². The molecule has 4 heterocycles. The van der Waals surface area contributed by atoms with E-state index >= 15 is 0 Å². The molecule has 3 N–H and O–H groups in total. The van der Waals surface area contributed by atoms with Crippen LogP contribution in [0.15, 0.2) is 85.2 Å². The molecule has 0 bridgehead atoms. The van der Waals surface area contributed by atoms with Crippen molar-refractivity contribution in [3.8, 4) is 22.5 Å². The number of nitrogens with one attached hydrogen (secondary N) is 3. The number of amides is 3. The number of aromatic nitrogens is 4. The molecule has 4 atom stereocenters. The second kappa shape index (κ2) is 18.5. The number of alkyl carbamates (subject to hydrolysis) is 1. The summed E-state index contributed by atoms with van der Waals surface area (Å²) >= 11 is 0. The highest BCUT2D eigenvalue weighted by molar-refractivity contribution is 5.86. The van der Waals surface area contributed by atoms with Gasteiger partial charge in [0.05, 0.1) is 43.0 Å². The van der Waals surface area contributed by atoms with Gasteiger partial charge in [-0.3, -0.25) is 9.59 Å². The molecule has 2 aliphatic rings. The fourth-order valence-corrected chi connectivity index (χ4v) is 8.91. The van der Waals surface area contributed by atoms with Crippen LogP contribution in [0.25, 0.3) is 22.5 Å². The van der Waals surface area contributed by atoms with Crippen LogP contribution in [0.1, 0.15) is 132 Å². The molecule has 61 heavy (non-hydrogen) atoms. The molecule has 7 rings (SSSR count). The normalized spacial score (nSPS) is 17.9. The Hall–Kier alpha value is -5.71. The SMILES string of the molecule is COC(=O)N[C@H](C(=O)N1CCC[C@H]1c1ncc(-c2ccc(CC(c3ccc(-c4cnc([C@@H]5CCCN5C(=O)CC(C)C)[nH]4)cc3)c3ccc(C(C)(C)C)cc3)cc2)[nH]1)C(C)C. The Morgan fingerprint density at radius 1 is 0.754 bits per heavy atom. The van der Waals surface area contributed by atoms with Gasteiger partial charge >= 0.3 is 6.09 Å². The van der Waals surface area contributed by atoms with Crippen molar-refractivity contribution in [3.63, 3.8) is 0 Å². The lowest BCUT2D eigenvalue weighted by atomic mass is 9.82. The van der Waals surface area contributed by atoms with E-state index in [9.17, 15) is 14.4 Å². The predicted molar refractivity (Wildman–Crippen MR) is 240 cm³/mol. The van der Waals surface area contributed by atoms with Gasteiger partial charge in [0.2, 0.25) is 11.8 Å². The lowest BCUT2D eigenvalue weighted by molar-refractivity contribution is -0.135. The summed E-state index contributed by atoms with van der Waals surface area (Å²) in [6.45, 7) is 16.1. The third kappa shape index (κ3) is 9.93. The Kier molecular flexibility index (Phi) is 13.2. The van der Waals surface area contributed by atoms with Crippen LogP contribution < -0.4 is 5.32 Å². The molecule has 2 saturated heterocycles. The Labute approximate surface area is 361 Å². The number of likely N-dealkylation sites (tertiary alicyclic amines) is 2. The fraction of sp³-hybridized carbons (Fsp3) is 0.460. The fourth-order valence-electron chi connectivity index (χ4n) is 8.91. The number of aromatic amines is 2. The van der Waals surface area contributed by atoms with Crippen LogP contribution in [0.5, 0.6) is 0 Å². The number of methoxy groups -OCH3 is 1. The zero-order valence-electron chi connectivity index (χ0n) is 37.1. The molecule has 5 aromatic rings. The van der Waals surface area contributed by atoms with Crippen molar-refractivity contribution in [1.82, 2.24) is 35.1 Å². The van der Waals surface area contributed by atoms with E-state index in [-0.39, 0.29) is 41.1 Å².